The average Bonchev–Trinajstić information content (AvgIpc) is 2.47. The number of hydrogen-bond donors (Lipinski definition) is 2. The van der Waals surface area contributed by atoms with Gasteiger partial charge in [-0.15, -0.1) is 0 Å². The Morgan fingerprint density at radius 2 is 1.95 bits per heavy atom. The summed E-state index contributed by atoms with van der Waals surface area (Å²) < 4.78 is 0. The maximum Gasteiger partial charge on any atom is 0.251 e. The van der Waals surface area contributed by atoms with Crippen molar-refractivity contribution in [2.75, 3.05) is 19.6 Å². The SMILES string of the molecule is Cc1cc(O)ccc1C(=O)NCCC(=O)N1CCCCC1. The number of aryl methyl sites for hydroxylation is 1. The molecule has 1 aliphatic heterocycles. The van der Waals surface area contributed by atoms with E-state index in [1.807, 2.05) is 4.90 Å². The fourth-order valence-corrected chi connectivity index (χ4v) is 2.58. The van der Waals surface area contributed by atoms with Crippen LogP contribution in [0.15, 0.2) is 18.2 Å². The second-order valence-electron chi connectivity index (χ2n) is 5.45. The van der Waals surface area contributed by atoms with Crippen molar-refractivity contribution in [1.29, 1.82) is 0 Å². The largest absolute Gasteiger partial charge is 0.508 e. The molecule has 5 heteroatoms. The van der Waals surface area contributed by atoms with Gasteiger partial charge in [-0.05, 0) is 49.9 Å². The summed E-state index contributed by atoms with van der Waals surface area (Å²) in [6.45, 7) is 3.79. The highest BCUT2D eigenvalue weighted by atomic mass is 16.3. The van der Waals surface area contributed by atoms with E-state index in [1.165, 1.54) is 12.5 Å². The van der Waals surface area contributed by atoms with Gasteiger partial charge in [-0.3, -0.25) is 9.59 Å². The lowest BCUT2D eigenvalue weighted by atomic mass is 10.1. The van der Waals surface area contributed by atoms with Crippen LogP contribution >= 0.6 is 0 Å². The van der Waals surface area contributed by atoms with Gasteiger partial charge in [0.2, 0.25) is 5.91 Å². The standard InChI is InChI=1S/C16H22N2O3/c1-12-11-13(19)5-6-14(12)16(21)17-8-7-15(20)18-9-3-2-4-10-18/h5-6,11,19H,2-4,7-10H2,1H3,(H,17,21). The minimum Gasteiger partial charge on any atom is -0.508 e. The minimum atomic E-state index is -0.209. The van der Waals surface area contributed by atoms with Crippen LogP contribution in [0.3, 0.4) is 0 Å². The third kappa shape index (κ3) is 4.21. The van der Waals surface area contributed by atoms with Gasteiger partial charge in [0.25, 0.3) is 5.91 Å². The first-order chi connectivity index (χ1) is 10.1. The van der Waals surface area contributed by atoms with Crippen molar-refractivity contribution in [3.05, 3.63) is 29.3 Å². The molecular formula is C16H22N2O3. The molecule has 21 heavy (non-hydrogen) atoms. The number of nitrogens with zero attached hydrogens (tertiary/aromatic N) is 1. The molecule has 114 valence electrons. The summed E-state index contributed by atoms with van der Waals surface area (Å²) in [5.74, 6) is 0.0423. The van der Waals surface area contributed by atoms with Crippen molar-refractivity contribution >= 4 is 11.8 Å². The number of phenolic OH excluding ortho intramolecular Hbond substituents is 1. The van der Waals surface area contributed by atoms with E-state index in [0.717, 1.165) is 31.5 Å². The Labute approximate surface area is 125 Å². The Kier molecular flexibility index (Phi) is 5.20. The highest BCUT2D eigenvalue weighted by Gasteiger charge is 2.16. The Bertz CT molecular complexity index is 522. The molecule has 1 fully saturated rings. The normalized spacial score (nSPS) is 14.8. The molecule has 2 N–H and O–H groups in total. The molecule has 0 spiro atoms. The molecule has 0 unspecified atom stereocenters. The number of likely N-dealkylation sites (tertiary alicyclic amines) is 1. The van der Waals surface area contributed by atoms with Crippen LogP contribution in [0.4, 0.5) is 0 Å². The Hall–Kier alpha value is -2.04. The van der Waals surface area contributed by atoms with Crippen LogP contribution in [0.5, 0.6) is 5.75 Å². The molecule has 2 amide bonds. The number of carbonyl (C=O) groups is 2. The Morgan fingerprint density at radius 1 is 1.24 bits per heavy atom. The average molecular weight is 290 g/mol. The van der Waals surface area contributed by atoms with Crippen LogP contribution in [0.1, 0.15) is 41.6 Å². The molecule has 1 aromatic carbocycles. The van der Waals surface area contributed by atoms with Crippen molar-refractivity contribution in [3.8, 4) is 5.75 Å². The van der Waals surface area contributed by atoms with E-state index in [4.69, 9.17) is 0 Å². The van der Waals surface area contributed by atoms with Crippen molar-refractivity contribution in [3.63, 3.8) is 0 Å². The molecule has 0 aromatic heterocycles. The highest BCUT2D eigenvalue weighted by molar-refractivity contribution is 5.96. The molecule has 0 atom stereocenters. The summed E-state index contributed by atoms with van der Waals surface area (Å²) in [5.41, 5.74) is 1.24. The van der Waals surface area contributed by atoms with Crippen LogP contribution < -0.4 is 5.32 Å². The van der Waals surface area contributed by atoms with Gasteiger partial charge < -0.3 is 15.3 Å². The maximum atomic E-state index is 12.0. The summed E-state index contributed by atoms with van der Waals surface area (Å²) in [7, 11) is 0. The molecule has 1 saturated heterocycles. The van der Waals surface area contributed by atoms with E-state index < -0.39 is 0 Å². The summed E-state index contributed by atoms with van der Waals surface area (Å²) in [4.78, 5) is 25.9. The van der Waals surface area contributed by atoms with Gasteiger partial charge in [0.05, 0.1) is 0 Å². The van der Waals surface area contributed by atoms with Gasteiger partial charge in [-0.25, -0.2) is 0 Å². The fraction of sp³-hybridized carbons (Fsp3) is 0.500. The second-order valence-corrected chi connectivity index (χ2v) is 5.45. The van der Waals surface area contributed by atoms with Gasteiger partial charge in [0, 0.05) is 31.6 Å². The van der Waals surface area contributed by atoms with E-state index in [-0.39, 0.29) is 17.6 Å². The first-order valence-corrected chi connectivity index (χ1v) is 7.43. The minimum absolute atomic E-state index is 0.109. The third-order valence-electron chi connectivity index (χ3n) is 3.79. The quantitative estimate of drug-likeness (QED) is 0.889. The van der Waals surface area contributed by atoms with Crippen molar-refractivity contribution in [2.45, 2.75) is 32.6 Å². The topological polar surface area (TPSA) is 69.6 Å². The number of rotatable bonds is 4. The summed E-state index contributed by atoms with van der Waals surface area (Å²) >= 11 is 0. The molecule has 5 nitrogen and oxygen atoms in total. The molecule has 2 rings (SSSR count). The van der Waals surface area contributed by atoms with E-state index in [0.29, 0.717) is 18.5 Å². The number of nitrogens with one attached hydrogen (secondary N) is 1. The molecule has 1 aliphatic rings. The predicted octanol–water partition coefficient (Wildman–Crippen LogP) is 1.83. The zero-order chi connectivity index (χ0) is 15.2. The van der Waals surface area contributed by atoms with Crippen LogP contribution in [0, 0.1) is 6.92 Å². The first kappa shape index (κ1) is 15.4. The second kappa shape index (κ2) is 7.11. The van der Waals surface area contributed by atoms with Crippen molar-refractivity contribution in [1.82, 2.24) is 10.2 Å². The van der Waals surface area contributed by atoms with Gasteiger partial charge in [-0.1, -0.05) is 0 Å². The summed E-state index contributed by atoms with van der Waals surface area (Å²) in [6.07, 6.45) is 3.68. The number of phenols is 1. The van der Waals surface area contributed by atoms with Crippen LogP contribution in [0.25, 0.3) is 0 Å². The lowest BCUT2D eigenvalue weighted by Crippen LogP contribution is -2.37. The number of hydrogen-bond acceptors (Lipinski definition) is 3. The maximum absolute atomic E-state index is 12.0. The van der Waals surface area contributed by atoms with Gasteiger partial charge in [0.15, 0.2) is 0 Å². The Balaban J connectivity index is 1.79. The number of benzene rings is 1. The van der Waals surface area contributed by atoms with Crippen LogP contribution in [0.2, 0.25) is 0 Å². The fourth-order valence-electron chi connectivity index (χ4n) is 2.58. The van der Waals surface area contributed by atoms with E-state index in [1.54, 1.807) is 19.1 Å². The molecule has 0 saturated carbocycles. The van der Waals surface area contributed by atoms with E-state index in [9.17, 15) is 14.7 Å². The van der Waals surface area contributed by atoms with Crippen LogP contribution in [-0.2, 0) is 4.79 Å². The molecule has 0 radical (unpaired) electrons. The number of amides is 2. The van der Waals surface area contributed by atoms with Crippen LogP contribution in [-0.4, -0.2) is 41.5 Å². The molecule has 1 aromatic rings. The number of piperidine rings is 1. The summed E-state index contributed by atoms with van der Waals surface area (Å²) in [5, 5.41) is 12.1. The molecule has 0 aliphatic carbocycles. The first-order valence-electron chi connectivity index (χ1n) is 7.43. The molecule has 0 bridgehead atoms. The van der Waals surface area contributed by atoms with Gasteiger partial charge in [0.1, 0.15) is 5.75 Å². The lowest BCUT2D eigenvalue weighted by Gasteiger charge is -2.26. The molecule has 1 heterocycles. The zero-order valence-corrected chi connectivity index (χ0v) is 12.4. The highest BCUT2D eigenvalue weighted by Crippen LogP contribution is 2.15. The predicted molar refractivity (Wildman–Crippen MR) is 80.2 cm³/mol. The summed E-state index contributed by atoms with van der Waals surface area (Å²) in [6, 6.07) is 4.63. The monoisotopic (exact) mass is 290 g/mol. The zero-order valence-electron chi connectivity index (χ0n) is 12.4. The lowest BCUT2D eigenvalue weighted by molar-refractivity contribution is -0.131. The number of aromatic hydroxyl groups is 1. The number of carbonyl (C=O) groups excluding carboxylic acids is 2. The van der Waals surface area contributed by atoms with Gasteiger partial charge >= 0.3 is 0 Å². The van der Waals surface area contributed by atoms with Gasteiger partial charge in [-0.2, -0.15) is 0 Å². The Morgan fingerprint density at radius 3 is 2.62 bits per heavy atom. The van der Waals surface area contributed by atoms with E-state index in [2.05, 4.69) is 5.32 Å². The third-order valence-corrected chi connectivity index (χ3v) is 3.79. The molecular weight excluding hydrogens is 268 g/mol. The van der Waals surface area contributed by atoms with E-state index >= 15 is 0 Å². The van der Waals surface area contributed by atoms with Crippen molar-refractivity contribution < 1.29 is 14.7 Å². The van der Waals surface area contributed by atoms with Crippen molar-refractivity contribution in [2.24, 2.45) is 0 Å². The smallest absolute Gasteiger partial charge is 0.251 e.